The van der Waals surface area contributed by atoms with Crippen molar-refractivity contribution in [1.82, 2.24) is 5.32 Å². The van der Waals surface area contributed by atoms with Crippen molar-refractivity contribution >= 4 is 11.9 Å². The lowest BCUT2D eigenvalue weighted by atomic mass is 9.85. The molecule has 0 aliphatic heterocycles. The largest absolute Gasteiger partial charge is 0.493 e. The van der Waals surface area contributed by atoms with E-state index < -0.39 is 11.9 Å². The summed E-state index contributed by atoms with van der Waals surface area (Å²) in [6.45, 7) is 11.1. The van der Waals surface area contributed by atoms with Gasteiger partial charge in [0, 0.05) is 6.54 Å². The van der Waals surface area contributed by atoms with Gasteiger partial charge in [0.15, 0.2) is 0 Å². The van der Waals surface area contributed by atoms with Crippen LogP contribution < -0.4 is 10.1 Å². The molecule has 0 saturated carbocycles. The first kappa shape index (κ1) is 22.9. The highest BCUT2D eigenvalue weighted by Gasteiger charge is 2.19. The SMILES string of the molecule is Cc1cccc(C(C)(C)C)c1OCCCNCCO.O=C(O)C(=O)O. The van der Waals surface area contributed by atoms with Gasteiger partial charge in [-0.15, -0.1) is 0 Å². The first-order valence-corrected chi connectivity index (χ1v) is 8.12. The minimum Gasteiger partial charge on any atom is -0.493 e. The van der Waals surface area contributed by atoms with Crippen LogP contribution in [0.4, 0.5) is 0 Å². The lowest BCUT2D eigenvalue weighted by molar-refractivity contribution is -0.159. The van der Waals surface area contributed by atoms with Crippen molar-refractivity contribution in [3.8, 4) is 5.75 Å². The van der Waals surface area contributed by atoms with Gasteiger partial charge in [-0.25, -0.2) is 9.59 Å². The second-order valence-corrected chi connectivity index (χ2v) is 6.49. The maximum absolute atomic E-state index is 9.10. The van der Waals surface area contributed by atoms with Crippen LogP contribution in [0.15, 0.2) is 18.2 Å². The van der Waals surface area contributed by atoms with Crippen LogP contribution in [0.3, 0.4) is 0 Å². The van der Waals surface area contributed by atoms with E-state index >= 15 is 0 Å². The van der Waals surface area contributed by atoms with Gasteiger partial charge < -0.3 is 25.4 Å². The number of rotatable bonds is 7. The molecule has 0 fully saturated rings. The number of benzene rings is 1. The van der Waals surface area contributed by atoms with Crippen LogP contribution in [0, 0.1) is 6.92 Å². The number of aliphatic hydroxyl groups is 1. The number of carbonyl (C=O) groups is 2. The van der Waals surface area contributed by atoms with E-state index in [1.165, 1.54) is 11.1 Å². The van der Waals surface area contributed by atoms with Gasteiger partial charge in [-0.05, 0) is 36.4 Å². The fourth-order valence-corrected chi connectivity index (χ4v) is 2.01. The first-order valence-electron chi connectivity index (χ1n) is 8.12. The Morgan fingerprint density at radius 2 is 1.72 bits per heavy atom. The Morgan fingerprint density at radius 1 is 1.12 bits per heavy atom. The van der Waals surface area contributed by atoms with E-state index in [1.54, 1.807) is 0 Å². The monoisotopic (exact) mass is 355 g/mol. The summed E-state index contributed by atoms with van der Waals surface area (Å²) in [4.78, 5) is 18.2. The molecule has 0 saturated heterocycles. The molecule has 0 spiro atoms. The van der Waals surface area contributed by atoms with Crippen LogP contribution in [-0.2, 0) is 15.0 Å². The molecule has 1 rings (SSSR count). The number of carboxylic acid groups (broad SMARTS) is 2. The Balaban J connectivity index is 0.000000823. The highest BCUT2D eigenvalue weighted by atomic mass is 16.5. The van der Waals surface area contributed by atoms with Crippen LogP contribution in [0.2, 0.25) is 0 Å². The molecule has 7 heteroatoms. The summed E-state index contributed by atoms with van der Waals surface area (Å²) >= 11 is 0. The molecule has 1 aromatic carbocycles. The van der Waals surface area contributed by atoms with Crippen molar-refractivity contribution in [1.29, 1.82) is 0 Å². The fourth-order valence-electron chi connectivity index (χ4n) is 2.01. The molecule has 0 unspecified atom stereocenters. The lowest BCUT2D eigenvalue weighted by Gasteiger charge is -2.24. The van der Waals surface area contributed by atoms with Crippen LogP contribution in [0.25, 0.3) is 0 Å². The zero-order chi connectivity index (χ0) is 19.5. The van der Waals surface area contributed by atoms with Crippen molar-refractivity contribution in [2.75, 3.05) is 26.3 Å². The zero-order valence-electron chi connectivity index (χ0n) is 15.3. The number of aliphatic carboxylic acids is 2. The van der Waals surface area contributed by atoms with Crippen LogP contribution >= 0.6 is 0 Å². The molecule has 25 heavy (non-hydrogen) atoms. The van der Waals surface area contributed by atoms with E-state index in [2.05, 4.69) is 51.2 Å². The van der Waals surface area contributed by atoms with Crippen LogP contribution in [-0.4, -0.2) is 53.6 Å². The Bertz CT molecular complexity index is 539. The van der Waals surface area contributed by atoms with Crippen molar-refractivity contribution in [2.45, 2.75) is 39.5 Å². The van der Waals surface area contributed by atoms with Crippen molar-refractivity contribution in [2.24, 2.45) is 0 Å². The van der Waals surface area contributed by atoms with Crippen molar-refractivity contribution in [3.05, 3.63) is 29.3 Å². The average molecular weight is 355 g/mol. The number of hydrogen-bond acceptors (Lipinski definition) is 5. The predicted molar refractivity (Wildman–Crippen MR) is 95.2 cm³/mol. The van der Waals surface area contributed by atoms with Gasteiger partial charge in [0.25, 0.3) is 0 Å². The number of ether oxygens (including phenoxy) is 1. The molecule has 0 aliphatic carbocycles. The number of para-hydroxylation sites is 1. The summed E-state index contributed by atoms with van der Waals surface area (Å²) in [5.74, 6) is -2.62. The minimum atomic E-state index is -1.82. The number of hydrogen-bond donors (Lipinski definition) is 4. The van der Waals surface area contributed by atoms with Gasteiger partial charge in [-0.3, -0.25) is 0 Å². The standard InChI is InChI=1S/C16H27NO2.C2H2O4/c1-13-7-5-8-14(16(2,3)4)15(13)19-12-6-9-17-10-11-18;3-1(4)2(5)6/h5,7-8,17-18H,6,9-12H2,1-4H3;(H,3,4)(H,5,6). The molecular formula is C18H29NO6. The van der Waals surface area contributed by atoms with E-state index in [0.29, 0.717) is 13.2 Å². The molecule has 0 radical (unpaired) electrons. The summed E-state index contributed by atoms with van der Waals surface area (Å²) in [5.41, 5.74) is 2.54. The molecular weight excluding hydrogens is 326 g/mol. The quantitative estimate of drug-likeness (QED) is 0.435. The topological polar surface area (TPSA) is 116 Å². The Morgan fingerprint density at radius 3 is 2.20 bits per heavy atom. The first-order chi connectivity index (χ1) is 11.6. The Kier molecular flexibility index (Phi) is 10.5. The molecule has 0 heterocycles. The molecule has 7 nitrogen and oxygen atoms in total. The van der Waals surface area contributed by atoms with Crippen LogP contribution in [0.5, 0.6) is 5.75 Å². The number of aliphatic hydroxyl groups excluding tert-OH is 1. The lowest BCUT2D eigenvalue weighted by Crippen LogP contribution is -2.21. The third-order valence-corrected chi connectivity index (χ3v) is 3.24. The molecule has 0 atom stereocenters. The van der Waals surface area contributed by atoms with Gasteiger partial charge in [0.05, 0.1) is 13.2 Å². The average Bonchev–Trinajstić information content (AvgIpc) is 2.51. The third-order valence-electron chi connectivity index (χ3n) is 3.24. The summed E-state index contributed by atoms with van der Waals surface area (Å²) in [7, 11) is 0. The predicted octanol–water partition coefficient (Wildman–Crippen LogP) is 1.80. The van der Waals surface area contributed by atoms with E-state index in [9.17, 15) is 0 Å². The molecule has 0 aliphatic rings. The molecule has 0 aromatic heterocycles. The minimum absolute atomic E-state index is 0.0937. The van der Waals surface area contributed by atoms with Crippen LogP contribution in [0.1, 0.15) is 38.3 Å². The molecule has 1 aromatic rings. The van der Waals surface area contributed by atoms with Gasteiger partial charge >= 0.3 is 11.9 Å². The highest BCUT2D eigenvalue weighted by molar-refractivity contribution is 6.27. The number of nitrogens with one attached hydrogen (secondary N) is 1. The molecule has 4 N–H and O–H groups in total. The number of aryl methyl sites for hydroxylation is 1. The summed E-state index contributed by atoms with van der Waals surface area (Å²) in [6, 6.07) is 6.33. The maximum Gasteiger partial charge on any atom is 0.414 e. The second-order valence-electron chi connectivity index (χ2n) is 6.49. The normalized spacial score (nSPS) is 10.6. The van der Waals surface area contributed by atoms with Gasteiger partial charge in [-0.1, -0.05) is 39.0 Å². The smallest absolute Gasteiger partial charge is 0.414 e. The van der Waals surface area contributed by atoms with Crippen molar-refractivity contribution in [3.63, 3.8) is 0 Å². The molecule has 0 amide bonds. The van der Waals surface area contributed by atoms with Gasteiger partial charge in [0.1, 0.15) is 5.75 Å². The Hall–Kier alpha value is -2.12. The summed E-state index contributed by atoms with van der Waals surface area (Å²) in [5, 5.41) is 26.6. The van der Waals surface area contributed by atoms with Crippen molar-refractivity contribution < 1.29 is 29.6 Å². The number of carboxylic acids is 2. The fraction of sp³-hybridized carbons (Fsp3) is 0.556. The maximum atomic E-state index is 9.10. The van der Waals surface area contributed by atoms with E-state index in [4.69, 9.17) is 29.6 Å². The van der Waals surface area contributed by atoms with Gasteiger partial charge in [0.2, 0.25) is 0 Å². The second kappa shape index (κ2) is 11.4. The molecule has 142 valence electrons. The molecule has 0 bridgehead atoms. The van der Waals surface area contributed by atoms with E-state index in [1.807, 2.05) is 0 Å². The van der Waals surface area contributed by atoms with Gasteiger partial charge in [-0.2, -0.15) is 0 Å². The van der Waals surface area contributed by atoms with E-state index in [-0.39, 0.29) is 12.0 Å². The summed E-state index contributed by atoms with van der Waals surface area (Å²) < 4.78 is 5.97. The summed E-state index contributed by atoms with van der Waals surface area (Å²) in [6.07, 6.45) is 0.942. The zero-order valence-corrected chi connectivity index (χ0v) is 15.3. The Labute approximate surface area is 148 Å². The van der Waals surface area contributed by atoms with E-state index in [0.717, 1.165) is 18.7 Å². The highest BCUT2D eigenvalue weighted by Crippen LogP contribution is 2.33. The third kappa shape index (κ3) is 9.69.